The molecule has 0 fully saturated rings. The lowest BCUT2D eigenvalue weighted by molar-refractivity contribution is -0.140. The molecule has 2 N–H and O–H groups in total. The first-order valence-corrected chi connectivity index (χ1v) is 13.4. The summed E-state index contributed by atoms with van der Waals surface area (Å²) in [6.45, 7) is 4.32. The molecular formula is C29H33N3O3S. The molecule has 6 nitrogen and oxygen atoms in total. The summed E-state index contributed by atoms with van der Waals surface area (Å²) < 4.78 is 0. The van der Waals surface area contributed by atoms with Gasteiger partial charge in [0.2, 0.25) is 5.91 Å². The van der Waals surface area contributed by atoms with Crippen molar-refractivity contribution in [1.82, 2.24) is 10.3 Å². The fourth-order valence-corrected chi connectivity index (χ4v) is 5.26. The Bertz CT molecular complexity index is 1200. The Morgan fingerprint density at radius 1 is 1.22 bits per heavy atom. The highest BCUT2D eigenvalue weighted by Gasteiger charge is 2.25. The first-order valence-electron chi connectivity index (χ1n) is 12.5. The number of aromatic nitrogens is 1. The van der Waals surface area contributed by atoms with Crippen molar-refractivity contribution in [2.45, 2.75) is 45.6 Å². The zero-order valence-electron chi connectivity index (χ0n) is 20.8. The molecule has 1 heterocycles. The van der Waals surface area contributed by atoms with Crippen LogP contribution in [0.15, 0.2) is 83.4 Å². The second-order valence-electron chi connectivity index (χ2n) is 9.33. The van der Waals surface area contributed by atoms with Crippen molar-refractivity contribution in [3.8, 4) is 11.3 Å². The van der Waals surface area contributed by atoms with Crippen LogP contribution in [-0.2, 0) is 9.59 Å². The number of benzene rings is 1. The number of rotatable bonds is 8. The maximum Gasteiger partial charge on any atom is 0.325 e. The number of hydrogen-bond acceptors (Lipinski definition) is 5. The Kier molecular flexibility index (Phi) is 8.54. The Morgan fingerprint density at radius 3 is 2.81 bits per heavy atom. The molecule has 0 saturated carbocycles. The highest BCUT2D eigenvalue weighted by molar-refractivity contribution is 7.14. The minimum Gasteiger partial charge on any atom is -0.480 e. The largest absolute Gasteiger partial charge is 0.480 e. The number of nitrogens with zero attached hydrogens (tertiary/aromatic N) is 2. The number of carboxylic acid groups (broad SMARTS) is 1. The summed E-state index contributed by atoms with van der Waals surface area (Å²) in [6, 6.07) is 9.29. The summed E-state index contributed by atoms with van der Waals surface area (Å²) >= 11 is 1.64. The van der Waals surface area contributed by atoms with Crippen molar-refractivity contribution in [2.24, 2.45) is 11.8 Å². The van der Waals surface area contributed by atoms with E-state index < -0.39 is 12.0 Å². The van der Waals surface area contributed by atoms with E-state index in [1.807, 2.05) is 30.4 Å². The molecule has 0 bridgehead atoms. The van der Waals surface area contributed by atoms with Gasteiger partial charge in [0, 0.05) is 34.7 Å². The summed E-state index contributed by atoms with van der Waals surface area (Å²) in [5.74, 6) is -1.11. The quantitative estimate of drug-likeness (QED) is 0.434. The molecule has 4 rings (SSSR count). The van der Waals surface area contributed by atoms with E-state index in [1.54, 1.807) is 11.3 Å². The van der Waals surface area contributed by atoms with E-state index in [1.165, 1.54) is 6.92 Å². The monoisotopic (exact) mass is 503 g/mol. The number of allylic oxidation sites excluding steroid dienone is 5. The Labute approximate surface area is 216 Å². The van der Waals surface area contributed by atoms with Gasteiger partial charge in [-0.1, -0.05) is 67.6 Å². The molecule has 3 atom stereocenters. The van der Waals surface area contributed by atoms with Crippen LogP contribution in [0.3, 0.4) is 0 Å². The third-order valence-corrected chi connectivity index (χ3v) is 7.45. The highest BCUT2D eigenvalue weighted by atomic mass is 32.1. The minimum atomic E-state index is -1.04. The summed E-state index contributed by atoms with van der Waals surface area (Å²) in [7, 11) is 0. The molecule has 1 amide bonds. The zero-order chi connectivity index (χ0) is 25.5. The molecule has 2 aliphatic carbocycles. The summed E-state index contributed by atoms with van der Waals surface area (Å²) in [5, 5.41) is 14.8. The number of hydrogen-bond donors (Lipinski definition) is 2. The maximum atomic E-state index is 12.7. The maximum absolute atomic E-state index is 12.7. The average molecular weight is 504 g/mol. The molecule has 36 heavy (non-hydrogen) atoms. The van der Waals surface area contributed by atoms with Gasteiger partial charge in [-0.2, -0.15) is 0 Å². The number of aliphatic carboxylic acids is 1. The van der Waals surface area contributed by atoms with Crippen LogP contribution in [0, 0.1) is 11.8 Å². The molecule has 1 aromatic carbocycles. The van der Waals surface area contributed by atoms with E-state index in [2.05, 4.69) is 59.0 Å². The lowest BCUT2D eigenvalue weighted by Gasteiger charge is -2.29. The zero-order valence-corrected chi connectivity index (χ0v) is 21.6. The fourth-order valence-electron chi connectivity index (χ4n) is 4.39. The summed E-state index contributed by atoms with van der Waals surface area (Å²) in [5.41, 5.74) is 3.83. The second-order valence-corrected chi connectivity index (χ2v) is 10.2. The van der Waals surface area contributed by atoms with Gasteiger partial charge in [-0.3, -0.25) is 9.59 Å². The van der Waals surface area contributed by atoms with E-state index >= 15 is 0 Å². The smallest absolute Gasteiger partial charge is 0.325 e. The lowest BCUT2D eigenvalue weighted by Crippen LogP contribution is -2.39. The summed E-state index contributed by atoms with van der Waals surface area (Å²) in [6.07, 6.45) is 16.6. The van der Waals surface area contributed by atoms with Crippen molar-refractivity contribution >= 4 is 28.3 Å². The van der Waals surface area contributed by atoms with Gasteiger partial charge in [-0.15, -0.1) is 11.3 Å². The number of thiazole rings is 1. The predicted octanol–water partition coefficient (Wildman–Crippen LogP) is 5.97. The molecule has 7 heteroatoms. The molecule has 0 aliphatic heterocycles. The molecule has 3 unspecified atom stereocenters. The van der Waals surface area contributed by atoms with Crippen LogP contribution in [0.5, 0.6) is 0 Å². The fraction of sp³-hybridized carbons (Fsp3) is 0.345. The van der Waals surface area contributed by atoms with Crippen LogP contribution in [-0.4, -0.2) is 34.6 Å². The number of anilines is 1. The van der Waals surface area contributed by atoms with Crippen LogP contribution in [0.25, 0.3) is 11.3 Å². The first kappa shape index (κ1) is 25.6. The number of nitrogens with one attached hydrogen (secondary N) is 1. The van der Waals surface area contributed by atoms with Gasteiger partial charge in [0.1, 0.15) is 6.04 Å². The van der Waals surface area contributed by atoms with Gasteiger partial charge < -0.3 is 15.3 Å². The van der Waals surface area contributed by atoms with Crippen molar-refractivity contribution in [2.75, 3.05) is 11.4 Å². The molecule has 1 aromatic heterocycles. The Morgan fingerprint density at radius 2 is 2.03 bits per heavy atom. The molecule has 0 saturated heterocycles. The third kappa shape index (κ3) is 6.40. The Balaban J connectivity index is 1.58. The van der Waals surface area contributed by atoms with E-state index in [9.17, 15) is 9.59 Å². The SMILES string of the molecule is CC(NC(=O)C1=CC(C)C(CN(C2=CCCCC=C2)c2nc(-c3ccccc3)cs2)C=CC1)C(=O)O. The van der Waals surface area contributed by atoms with E-state index in [0.717, 1.165) is 47.9 Å². The second kappa shape index (κ2) is 12.0. The minimum absolute atomic E-state index is 0.0936. The standard InChI is InChI=1S/C29H33N3O3S/c1-20-17-23(27(33)30-21(2)28(34)35)13-10-14-24(20)18-32(25-15-8-3-4-9-16-25)29-31-26(19-36-29)22-11-6-5-7-12-22/h5-8,10-12,14-17,19-21,24H,3-4,9,13,18H2,1-2H3,(H,30,33)(H,34,35). The van der Waals surface area contributed by atoms with Crippen LogP contribution in [0.2, 0.25) is 0 Å². The van der Waals surface area contributed by atoms with Crippen LogP contribution in [0.4, 0.5) is 5.13 Å². The average Bonchev–Trinajstić information content (AvgIpc) is 3.09. The van der Waals surface area contributed by atoms with Crippen molar-refractivity contribution in [3.63, 3.8) is 0 Å². The molecule has 0 radical (unpaired) electrons. The van der Waals surface area contributed by atoms with Crippen molar-refractivity contribution in [1.29, 1.82) is 0 Å². The molecule has 2 aliphatic rings. The Hall–Kier alpha value is -3.45. The number of carboxylic acids is 1. The van der Waals surface area contributed by atoms with Gasteiger partial charge in [-0.05, 0) is 44.6 Å². The molecule has 188 valence electrons. The van der Waals surface area contributed by atoms with Gasteiger partial charge in [0.25, 0.3) is 0 Å². The molecule has 0 spiro atoms. The van der Waals surface area contributed by atoms with E-state index in [-0.39, 0.29) is 17.7 Å². The lowest BCUT2D eigenvalue weighted by atomic mass is 9.92. The predicted molar refractivity (Wildman–Crippen MR) is 146 cm³/mol. The van der Waals surface area contributed by atoms with Gasteiger partial charge >= 0.3 is 5.97 Å². The van der Waals surface area contributed by atoms with Gasteiger partial charge in [-0.25, -0.2) is 4.98 Å². The van der Waals surface area contributed by atoms with Gasteiger partial charge in [0.15, 0.2) is 5.13 Å². The normalized spacial score (nSPS) is 20.5. The van der Waals surface area contributed by atoms with Crippen molar-refractivity contribution < 1.29 is 14.7 Å². The number of carbonyl (C=O) groups is 2. The van der Waals surface area contributed by atoms with Crippen LogP contribution < -0.4 is 10.2 Å². The van der Waals surface area contributed by atoms with E-state index in [4.69, 9.17) is 10.1 Å². The first-order chi connectivity index (χ1) is 17.4. The van der Waals surface area contributed by atoms with Crippen LogP contribution in [0.1, 0.15) is 39.5 Å². The van der Waals surface area contributed by atoms with Gasteiger partial charge in [0.05, 0.1) is 5.69 Å². The molecular weight excluding hydrogens is 470 g/mol. The topological polar surface area (TPSA) is 82.5 Å². The molecule has 2 aromatic rings. The van der Waals surface area contributed by atoms with E-state index in [0.29, 0.717) is 12.0 Å². The number of amides is 1. The van der Waals surface area contributed by atoms with Crippen molar-refractivity contribution in [3.05, 3.63) is 83.4 Å². The highest BCUT2D eigenvalue weighted by Crippen LogP contribution is 2.33. The van der Waals surface area contributed by atoms with Crippen LogP contribution >= 0.6 is 11.3 Å². The summed E-state index contributed by atoms with van der Waals surface area (Å²) in [4.78, 5) is 31.1. The number of carbonyl (C=O) groups excluding carboxylic acids is 1. The third-order valence-electron chi connectivity index (χ3n) is 6.58.